The second-order valence-corrected chi connectivity index (χ2v) is 6.42. The van der Waals surface area contributed by atoms with Crippen molar-refractivity contribution in [3.63, 3.8) is 0 Å². The Morgan fingerprint density at radius 2 is 1.76 bits per heavy atom. The SMILES string of the molecule is OC(Cc1c(F)ccc(Br)c1F)C1(c2ccccc2)CC1. The van der Waals surface area contributed by atoms with E-state index in [1.165, 1.54) is 12.1 Å². The topological polar surface area (TPSA) is 20.2 Å². The summed E-state index contributed by atoms with van der Waals surface area (Å²) >= 11 is 3.06. The average Bonchev–Trinajstić information content (AvgIpc) is 3.30. The number of halogens is 3. The van der Waals surface area contributed by atoms with Crippen LogP contribution in [0.2, 0.25) is 0 Å². The van der Waals surface area contributed by atoms with Crippen molar-refractivity contribution < 1.29 is 13.9 Å². The molecule has 4 heteroatoms. The Morgan fingerprint density at radius 3 is 2.38 bits per heavy atom. The summed E-state index contributed by atoms with van der Waals surface area (Å²) in [7, 11) is 0. The van der Waals surface area contributed by atoms with Crippen molar-refractivity contribution in [2.45, 2.75) is 30.8 Å². The zero-order chi connectivity index (χ0) is 15.0. The van der Waals surface area contributed by atoms with Gasteiger partial charge in [0.1, 0.15) is 11.6 Å². The van der Waals surface area contributed by atoms with Crippen LogP contribution in [0.1, 0.15) is 24.0 Å². The van der Waals surface area contributed by atoms with Crippen LogP contribution in [-0.2, 0) is 11.8 Å². The Balaban J connectivity index is 1.88. The first-order chi connectivity index (χ1) is 10.0. The standard InChI is InChI=1S/C17H15BrF2O/c18-13-6-7-14(19)12(16(13)20)10-15(21)17(8-9-17)11-4-2-1-3-5-11/h1-7,15,21H,8-10H2. The Kier molecular flexibility index (Phi) is 3.84. The fraction of sp³-hybridized carbons (Fsp3) is 0.294. The Morgan fingerprint density at radius 1 is 1.10 bits per heavy atom. The maximum atomic E-state index is 14.0. The molecule has 1 aliphatic carbocycles. The van der Waals surface area contributed by atoms with Crippen LogP contribution in [-0.4, -0.2) is 11.2 Å². The number of rotatable bonds is 4. The van der Waals surface area contributed by atoms with Crippen molar-refractivity contribution in [2.75, 3.05) is 0 Å². The van der Waals surface area contributed by atoms with Crippen LogP contribution < -0.4 is 0 Å². The maximum absolute atomic E-state index is 14.0. The molecule has 1 nitrogen and oxygen atoms in total. The average molecular weight is 353 g/mol. The molecule has 0 aliphatic heterocycles. The number of aliphatic hydroxyl groups excluding tert-OH is 1. The van der Waals surface area contributed by atoms with Gasteiger partial charge in [-0.2, -0.15) is 0 Å². The molecule has 110 valence electrons. The van der Waals surface area contributed by atoms with Gasteiger partial charge in [0.2, 0.25) is 0 Å². The zero-order valence-electron chi connectivity index (χ0n) is 11.3. The van der Waals surface area contributed by atoms with Crippen LogP contribution in [0, 0.1) is 11.6 Å². The Bertz CT molecular complexity index is 653. The molecule has 0 saturated heterocycles. The summed E-state index contributed by atoms with van der Waals surface area (Å²) in [6.45, 7) is 0. The second-order valence-electron chi connectivity index (χ2n) is 5.56. The minimum absolute atomic E-state index is 0.0218. The van der Waals surface area contributed by atoms with Gasteiger partial charge < -0.3 is 5.11 Å². The number of aliphatic hydroxyl groups is 1. The van der Waals surface area contributed by atoms with E-state index < -0.39 is 17.7 Å². The first kappa shape index (κ1) is 14.7. The van der Waals surface area contributed by atoms with Crippen molar-refractivity contribution in [1.82, 2.24) is 0 Å². The van der Waals surface area contributed by atoms with E-state index in [4.69, 9.17) is 0 Å². The maximum Gasteiger partial charge on any atom is 0.143 e. The van der Waals surface area contributed by atoms with Crippen LogP contribution in [0.4, 0.5) is 8.78 Å². The highest BCUT2D eigenvalue weighted by atomic mass is 79.9. The normalized spacial score (nSPS) is 17.5. The second kappa shape index (κ2) is 5.50. The third-order valence-corrected chi connectivity index (χ3v) is 4.92. The van der Waals surface area contributed by atoms with Gasteiger partial charge in [0.05, 0.1) is 10.6 Å². The van der Waals surface area contributed by atoms with Crippen LogP contribution in [0.25, 0.3) is 0 Å². The fourth-order valence-corrected chi connectivity index (χ4v) is 3.24. The van der Waals surface area contributed by atoms with Gasteiger partial charge in [-0.05, 0) is 46.5 Å². The summed E-state index contributed by atoms with van der Waals surface area (Å²) in [4.78, 5) is 0. The molecule has 0 heterocycles. The number of hydrogen-bond acceptors (Lipinski definition) is 1. The Hall–Kier alpha value is -1.26. The third kappa shape index (κ3) is 2.62. The summed E-state index contributed by atoms with van der Waals surface area (Å²) < 4.78 is 28.1. The first-order valence-corrected chi connectivity index (χ1v) is 7.70. The lowest BCUT2D eigenvalue weighted by molar-refractivity contribution is 0.129. The highest BCUT2D eigenvalue weighted by molar-refractivity contribution is 9.10. The van der Waals surface area contributed by atoms with Gasteiger partial charge in [-0.15, -0.1) is 0 Å². The largest absolute Gasteiger partial charge is 0.392 e. The molecule has 0 spiro atoms. The zero-order valence-corrected chi connectivity index (χ0v) is 12.9. The fourth-order valence-electron chi connectivity index (χ4n) is 2.86. The smallest absolute Gasteiger partial charge is 0.143 e. The summed E-state index contributed by atoms with van der Waals surface area (Å²) in [5.74, 6) is -1.24. The summed E-state index contributed by atoms with van der Waals surface area (Å²) in [5.41, 5.74) is 0.620. The Labute approximate surface area is 130 Å². The third-order valence-electron chi connectivity index (χ3n) is 4.31. The molecule has 3 rings (SSSR count). The molecule has 2 aromatic rings. The van der Waals surface area contributed by atoms with Gasteiger partial charge in [-0.1, -0.05) is 30.3 Å². The summed E-state index contributed by atoms with van der Waals surface area (Å²) in [5, 5.41) is 10.5. The molecule has 0 radical (unpaired) electrons. The van der Waals surface area contributed by atoms with Gasteiger partial charge in [-0.3, -0.25) is 0 Å². The van der Waals surface area contributed by atoms with E-state index in [-0.39, 0.29) is 21.9 Å². The molecule has 1 fully saturated rings. The molecule has 2 aromatic carbocycles. The minimum Gasteiger partial charge on any atom is -0.392 e. The van der Waals surface area contributed by atoms with Crippen LogP contribution in [0.3, 0.4) is 0 Å². The predicted octanol–water partition coefficient (Wildman–Crippen LogP) is 4.36. The molecule has 0 aromatic heterocycles. The first-order valence-electron chi connectivity index (χ1n) is 6.90. The van der Waals surface area contributed by atoms with E-state index in [9.17, 15) is 13.9 Å². The molecule has 0 bridgehead atoms. The van der Waals surface area contributed by atoms with Crippen LogP contribution in [0.5, 0.6) is 0 Å². The van der Waals surface area contributed by atoms with E-state index in [1.807, 2.05) is 30.3 Å². The lowest BCUT2D eigenvalue weighted by atomic mass is 9.86. The number of hydrogen-bond donors (Lipinski definition) is 1. The highest BCUT2D eigenvalue weighted by Gasteiger charge is 2.50. The highest BCUT2D eigenvalue weighted by Crippen LogP contribution is 2.51. The van der Waals surface area contributed by atoms with Crippen molar-refractivity contribution in [2.24, 2.45) is 0 Å². The van der Waals surface area contributed by atoms with Crippen molar-refractivity contribution >= 4 is 15.9 Å². The predicted molar refractivity (Wildman–Crippen MR) is 81.1 cm³/mol. The summed E-state index contributed by atoms with van der Waals surface area (Å²) in [6.07, 6.45) is 0.870. The van der Waals surface area contributed by atoms with Gasteiger partial charge in [0.25, 0.3) is 0 Å². The van der Waals surface area contributed by atoms with Gasteiger partial charge in [-0.25, -0.2) is 8.78 Å². The van der Waals surface area contributed by atoms with Gasteiger partial charge >= 0.3 is 0 Å². The molecule has 0 amide bonds. The molecule has 1 atom stereocenters. The van der Waals surface area contributed by atoms with Gasteiger partial charge in [0, 0.05) is 17.4 Å². The monoisotopic (exact) mass is 352 g/mol. The van der Waals surface area contributed by atoms with Crippen LogP contribution >= 0.6 is 15.9 Å². The lowest BCUT2D eigenvalue weighted by Gasteiger charge is -2.23. The van der Waals surface area contributed by atoms with E-state index in [0.717, 1.165) is 18.4 Å². The number of benzene rings is 2. The van der Waals surface area contributed by atoms with Crippen molar-refractivity contribution in [3.8, 4) is 0 Å². The van der Waals surface area contributed by atoms with E-state index in [1.54, 1.807) is 0 Å². The molecule has 1 unspecified atom stereocenters. The van der Waals surface area contributed by atoms with E-state index >= 15 is 0 Å². The van der Waals surface area contributed by atoms with Crippen molar-refractivity contribution in [1.29, 1.82) is 0 Å². The molecule has 21 heavy (non-hydrogen) atoms. The molecular formula is C17H15BrF2O. The van der Waals surface area contributed by atoms with E-state index in [2.05, 4.69) is 15.9 Å². The van der Waals surface area contributed by atoms with Crippen molar-refractivity contribution in [3.05, 3.63) is 69.7 Å². The quantitative estimate of drug-likeness (QED) is 0.810. The molecular weight excluding hydrogens is 338 g/mol. The van der Waals surface area contributed by atoms with Crippen LogP contribution in [0.15, 0.2) is 46.9 Å². The molecule has 1 saturated carbocycles. The summed E-state index contributed by atoms with van der Waals surface area (Å²) in [6, 6.07) is 12.2. The molecule has 1 aliphatic rings. The minimum atomic E-state index is -0.793. The lowest BCUT2D eigenvalue weighted by Crippen LogP contribution is -2.29. The molecule has 1 N–H and O–H groups in total. The van der Waals surface area contributed by atoms with Gasteiger partial charge in [0.15, 0.2) is 0 Å². The van der Waals surface area contributed by atoms with E-state index in [0.29, 0.717) is 0 Å².